The predicted molar refractivity (Wildman–Crippen MR) is 92.5 cm³/mol. The van der Waals surface area contributed by atoms with Crippen LogP contribution in [0.2, 0.25) is 0 Å². The van der Waals surface area contributed by atoms with Gasteiger partial charge in [0.2, 0.25) is 0 Å². The fourth-order valence-electron chi connectivity index (χ4n) is 4.06. The topological polar surface area (TPSA) is 59.1 Å². The third kappa shape index (κ3) is 3.60. The summed E-state index contributed by atoms with van der Waals surface area (Å²) in [6.07, 6.45) is 7.98. The Bertz CT molecular complexity index is 562. The summed E-state index contributed by atoms with van der Waals surface area (Å²) in [5.41, 5.74) is 0.820. The zero-order chi connectivity index (χ0) is 17.5. The zero-order valence-electron chi connectivity index (χ0n) is 15.1. The molecule has 134 valence electrons. The van der Waals surface area contributed by atoms with E-state index in [1.165, 1.54) is 5.57 Å². The van der Waals surface area contributed by atoms with Gasteiger partial charge in [0.05, 0.1) is 17.3 Å². The number of hydrogen-bond acceptors (Lipinski definition) is 4. The van der Waals surface area contributed by atoms with Crippen LogP contribution in [0.4, 0.5) is 0 Å². The van der Waals surface area contributed by atoms with Crippen molar-refractivity contribution in [3.05, 3.63) is 23.8 Å². The Morgan fingerprint density at radius 1 is 1.25 bits per heavy atom. The minimum absolute atomic E-state index is 0.0654. The van der Waals surface area contributed by atoms with Crippen LogP contribution < -0.4 is 0 Å². The normalized spacial score (nSPS) is 46.2. The van der Waals surface area contributed by atoms with Gasteiger partial charge in [0, 0.05) is 5.57 Å². The Labute approximate surface area is 144 Å². The number of ether oxygens (including phenoxy) is 2. The molecule has 0 radical (unpaired) electrons. The molecule has 3 aliphatic rings. The van der Waals surface area contributed by atoms with Crippen molar-refractivity contribution in [1.29, 1.82) is 0 Å². The van der Waals surface area contributed by atoms with E-state index < -0.39 is 11.7 Å². The number of allylic oxidation sites excluding steroid dienone is 2. The highest BCUT2D eigenvalue weighted by atomic mass is 16.6. The molecule has 24 heavy (non-hydrogen) atoms. The van der Waals surface area contributed by atoms with Crippen molar-refractivity contribution in [2.45, 2.75) is 89.1 Å². The maximum absolute atomic E-state index is 12.2. The number of carbonyl (C=O) groups is 1. The molecule has 0 amide bonds. The van der Waals surface area contributed by atoms with E-state index in [-0.39, 0.29) is 17.5 Å². The summed E-state index contributed by atoms with van der Waals surface area (Å²) in [7, 11) is 0. The molecule has 2 bridgehead atoms. The quantitative estimate of drug-likeness (QED) is 0.318. The van der Waals surface area contributed by atoms with Gasteiger partial charge in [-0.25, -0.2) is 4.79 Å². The number of fused-ring (bicyclic) bond motifs is 3. The fourth-order valence-corrected chi connectivity index (χ4v) is 4.06. The Hall–Kier alpha value is -1.13. The third-order valence-electron chi connectivity index (χ3n) is 6.17. The van der Waals surface area contributed by atoms with E-state index in [1.807, 2.05) is 0 Å². The lowest BCUT2D eigenvalue weighted by atomic mass is 9.79. The molecule has 2 heterocycles. The van der Waals surface area contributed by atoms with Gasteiger partial charge in [0.1, 0.15) is 6.10 Å². The van der Waals surface area contributed by atoms with Gasteiger partial charge in [-0.3, -0.25) is 0 Å². The number of epoxide rings is 1. The first-order chi connectivity index (χ1) is 11.2. The Morgan fingerprint density at radius 2 is 2.00 bits per heavy atom. The molecule has 1 aliphatic carbocycles. The van der Waals surface area contributed by atoms with Crippen molar-refractivity contribution in [3.63, 3.8) is 0 Å². The van der Waals surface area contributed by atoms with Gasteiger partial charge in [0.15, 0.2) is 0 Å². The number of aliphatic hydroxyl groups is 1. The molecule has 5 atom stereocenters. The van der Waals surface area contributed by atoms with E-state index in [4.69, 9.17) is 9.47 Å². The zero-order valence-corrected chi connectivity index (χ0v) is 15.1. The summed E-state index contributed by atoms with van der Waals surface area (Å²) in [6.45, 7) is 10.0. The highest BCUT2D eigenvalue weighted by molar-refractivity contribution is 5.89. The van der Waals surface area contributed by atoms with Crippen LogP contribution in [-0.4, -0.2) is 34.5 Å². The van der Waals surface area contributed by atoms with Crippen molar-refractivity contribution >= 4 is 5.97 Å². The van der Waals surface area contributed by atoms with Gasteiger partial charge < -0.3 is 14.6 Å². The van der Waals surface area contributed by atoms with Gasteiger partial charge in [-0.1, -0.05) is 18.2 Å². The van der Waals surface area contributed by atoms with Crippen LogP contribution in [0.15, 0.2) is 23.8 Å². The van der Waals surface area contributed by atoms with Crippen molar-refractivity contribution in [3.8, 4) is 0 Å². The standard InChI is InChI=1S/C20H30O4/c1-13-6-5-10-19(3,22)17-12-15(14(2)18(21)23-17)9-11-20(4)16(24-20)8-7-13/h6,15-17,22H,2,5,7-12H2,1,3-4H3/b13-6-/t15-,16+,17+,19-,20-/m1/s1. The molecule has 4 heteroatoms. The smallest absolute Gasteiger partial charge is 0.334 e. The number of carbonyl (C=O) groups excluding carboxylic acids is 1. The van der Waals surface area contributed by atoms with Crippen LogP contribution in [-0.2, 0) is 14.3 Å². The maximum atomic E-state index is 12.2. The monoisotopic (exact) mass is 334 g/mol. The van der Waals surface area contributed by atoms with Crippen LogP contribution in [0.3, 0.4) is 0 Å². The van der Waals surface area contributed by atoms with Crippen molar-refractivity contribution < 1.29 is 19.4 Å². The lowest BCUT2D eigenvalue weighted by molar-refractivity contribution is -0.168. The molecule has 2 fully saturated rings. The van der Waals surface area contributed by atoms with Crippen LogP contribution in [0.1, 0.15) is 65.7 Å². The number of esters is 1. The van der Waals surface area contributed by atoms with Gasteiger partial charge in [-0.15, -0.1) is 0 Å². The second-order valence-corrected chi connectivity index (χ2v) is 8.29. The van der Waals surface area contributed by atoms with Crippen molar-refractivity contribution in [1.82, 2.24) is 0 Å². The summed E-state index contributed by atoms with van der Waals surface area (Å²) >= 11 is 0. The molecule has 0 saturated carbocycles. The SMILES string of the molecule is C=C1C(=O)O[C@H]2C[C@H]1CC[C@@]1(C)O[C@H]1CC/C(C)=C\CC[C@@]2(C)O. The Balaban J connectivity index is 1.80. The molecule has 0 unspecified atom stereocenters. The average Bonchev–Trinajstić information content (AvgIpc) is 3.16. The number of hydrogen-bond donors (Lipinski definition) is 1. The second-order valence-electron chi connectivity index (χ2n) is 8.29. The number of rotatable bonds is 0. The fraction of sp³-hybridized carbons (Fsp3) is 0.750. The van der Waals surface area contributed by atoms with Crippen LogP contribution in [0.5, 0.6) is 0 Å². The van der Waals surface area contributed by atoms with Gasteiger partial charge in [0.25, 0.3) is 0 Å². The highest BCUT2D eigenvalue weighted by Gasteiger charge is 2.52. The predicted octanol–water partition coefficient (Wildman–Crippen LogP) is 3.68. The molecule has 0 spiro atoms. The third-order valence-corrected chi connectivity index (χ3v) is 6.17. The van der Waals surface area contributed by atoms with Crippen LogP contribution in [0.25, 0.3) is 0 Å². The molecule has 0 aromatic carbocycles. The van der Waals surface area contributed by atoms with Gasteiger partial charge >= 0.3 is 5.97 Å². The van der Waals surface area contributed by atoms with Crippen LogP contribution in [0, 0.1) is 5.92 Å². The molecule has 2 aliphatic heterocycles. The molecular weight excluding hydrogens is 304 g/mol. The first-order valence-electron chi connectivity index (χ1n) is 9.17. The van der Waals surface area contributed by atoms with E-state index in [1.54, 1.807) is 6.92 Å². The summed E-state index contributed by atoms with van der Waals surface area (Å²) in [5, 5.41) is 10.8. The molecule has 1 N–H and O–H groups in total. The van der Waals surface area contributed by atoms with Crippen molar-refractivity contribution in [2.24, 2.45) is 5.92 Å². The Kier molecular flexibility index (Phi) is 4.65. The van der Waals surface area contributed by atoms with E-state index in [0.717, 1.165) is 32.1 Å². The van der Waals surface area contributed by atoms with Crippen molar-refractivity contribution in [2.75, 3.05) is 0 Å². The van der Waals surface area contributed by atoms with E-state index in [2.05, 4.69) is 26.5 Å². The first kappa shape index (κ1) is 17.7. The van der Waals surface area contributed by atoms with E-state index >= 15 is 0 Å². The van der Waals surface area contributed by atoms with E-state index in [0.29, 0.717) is 24.5 Å². The summed E-state index contributed by atoms with van der Waals surface area (Å²) in [4.78, 5) is 12.2. The van der Waals surface area contributed by atoms with E-state index in [9.17, 15) is 9.90 Å². The summed E-state index contributed by atoms with van der Waals surface area (Å²) < 4.78 is 11.4. The minimum atomic E-state index is -1.00. The summed E-state index contributed by atoms with van der Waals surface area (Å²) in [6, 6.07) is 0. The highest BCUT2D eigenvalue weighted by Crippen LogP contribution is 2.46. The maximum Gasteiger partial charge on any atom is 0.334 e. The molecule has 0 aromatic rings. The van der Waals surface area contributed by atoms with Crippen LogP contribution >= 0.6 is 0 Å². The van der Waals surface area contributed by atoms with Gasteiger partial charge in [-0.05, 0) is 71.6 Å². The van der Waals surface area contributed by atoms with Gasteiger partial charge in [-0.2, -0.15) is 0 Å². The first-order valence-corrected chi connectivity index (χ1v) is 9.17. The summed E-state index contributed by atoms with van der Waals surface area (Å²) in [5.74, 6) is -0.279. The molecule has 0 aromatic heterocycles. The second kappa shape index (κ2) is 6.30. The lowest BCUT2D eigenvalue weighted by Gasteiger charge is -2.39. The average molecular weight is 334 g/mol. The lowest BCUT2D eigenvalue weighted by Crippen LogP contribution is -2.47. The molecular formula is C20H30O4. The molecule has 4 nitrogen and oxygen atoms in total. The minimum Gasteiger partial charge on any atom is -0.456 e. The Morgan fingerprint density at radius 3 is 2.75 bits per heavy atom. The molecule has 3 rings (SSSR count). The molecule has 2 saturated heterocycles. The largest absolute Gasteiger partial charge is 0.456 e.